The van der Waals surface area contributed by atoms with Gasteiger partial charge in [-0.05, 0) is 138 Å². The third-order valence-electron chi connectivity index (χ3n) is 11.3. The number of hydrogen-bond donors (Lipinski definition) is 8. The van der Waals surface area contributed by atoms with Crippen LogP contribution in [-0.2, 0) is 10.0 Å². The summed E-state index contributed by atoms with van der Waals surface area (Å²) in [6, 6.07) is 30.4. The first-order valence-electron chi connectivity index (χ1n) is 22.0. The Morgan fingerprint density at radius 2 is 1.46 bits per heavy atom. The van der Waals surface area contributed by atoms with E-state index in [0.29, 0.717) is 40.9 Å². The number of thiophene rings is 1. The Morgan fingerprint density at radius 1 is 0.794 bits per heavy atom. The Kier molecular flexibility index (Phi) is 14.5. The molecule has 0 saturated carbocycles. The van der Waals surface area contributed by atoms with E-state index in [1.54, 1.807) is 41.8 Å². The molecule has 16 nitrogen and oxygen atoms in total. The van der Waals surface area contributed by atoms with Crippen LogP contribution in [0.1, 0.15) is 25.8 Å². The first-order chi connectivity index (χ1) is 32.9. The van der Waals surface area contributed by atoms with Crippen LogP contribution in [0.25, 0.3) is 55.0 Å². The summed E-state index contributed by atoms with van der Waals surface area (Å²) < 4.78 is 53.1. The van der Waals surface area contributed by atoms with Gasteiger partial charge in [-0.3, -0.25) is 10.2 Å². The third kappa shape index (κ3) is 10.7. The third-order valence-corrected chi connectivity index (χ3v) is 14.2. The van der Waals surface area contributed by atoms with Crippen LogP contribution in [0.15, 0.2) is 119 Å². The van der Waals surface area contributed by atoms with E-state index in [4.69, 9.17) is 20.9 Å². The maximum atomic E-state index is 13.9. The topological polar surface area (TPSA) is 234 Å². The molecule has 5 aromatic carbocycles. The summed E-state index contributed by atoms with van der Waals surface area (Å²) in [5, 5.41) is 23.9. The van der Waals surface area contributed by atoms with Crippen molar-refractivity contribution in [1.29, 1.82) is 0 Å². The smallest absolute Gasteiger partial charge is 0.323 e. The van der Waals surface area contributed by atoms with Crippen molar-refractivity contribution in [3.8, 4) is 33.8 Å². The summed E-state index contributed by atoms with van der Waals surface area (Å²) in [5.74, 6) is 1.54. The molecule has 4 aromatic heterocycles. The second-order valence-electron chi connectivity index (χ2n) is 15.8. The second kappa shape index (κ2) is 21.0. The van der Waals surface area contributed by atoms with Crippen molar-refractivity contribution in [3.05, 3.63) is 126 Å². The van der Waals surface area contributed by atoms with Crippen molar-refractivity contribution in [2.75, 3.05) is 61.5 Å². The number of amides is 2. The number of nitrogens with zero attached hydrogens (tertiary/aromatic N) is 3. The molecular formula is C49H52FN11O5S2. The maximum absolute atomic E-state index is 13.9. The minimum absolute atomic E-state index is 0.127. The molecule has 0 bridgehead atoms. The van der Waals surface area contributed by atoms with E-state index in [1.807, 2.05) is 67.7 Å². The summed E-state index contributed by atoms with van der Waals surface area (Å²) in [7, 11) is -3.52. The number of sulfonamides is 1. The Balaban J connectivity index is 0.000000186. The van der Waals surface area contributed by atoms with Gasteiger partial charge < -0.3 is 41.5 Å². The van der Waals surface area contributed by atoms with Gasteiger partial charge in [0.25, 0.3) is 0 Å². The number of nitrogens with two attached hydrogens (primary N) is 2. The molecule has 0 aliphatic carbocycles. The fourth-order valence-electron chi connectivity index (χ4n) is 7.80. The van der Waals surface area contributed by atoms with E-state index in [9.17, 15) is 17.6 Å². The quantitative estimate of drug-likeness (QED) is 0.0402. The number of ether oxygens (including phenoxy) is 2. The van der Waals surface area contributed by atoms with Crippen molar-refractivity contribution in [2.24, 2.45) is 0 Å². The second-order valence-corrected chi connectivity index (χ2v) is 18.7. The molecule has 0 fully saturated rings. The number of benzene rings is 5. The predicted molar refractivity (Wildman–Crippen MR) is 270 cm³/mol. The average molecular weight is 958 g/mol. The number of rotatable bonds is 17. The van der Waals surface area contributed by atoms with Gasteiger partial charge in [-0.15, -0.1) is 11.3 Å². The van der Waals surface area contributed by atoms with Crippen LogP contribution in [-0.4, -0.2) is 84.1 Å². The van der Waals surface area contributed by atoms with Crippen molar-refractivity contribution >= 4 is 83.1 Å². The SMILES string of the molecule is CCN(CC)CCCOc1ccc(-c2ccc(NC(=O)Nc3cc(C)ccc3F)cc2)c2c(N)n[nH]c12.Nc1n[nH]c2c(OCCNS(=O)(=O)c3cccs3)ccc(-c3ccc4[nH]ccc4c3)c12. The van der Waals surface area contributed by atoms with E-state index in [2.05, 4.69) is 65.5 Å². The highest BCUT2D eigenvalue weighted by Gasteiger charge is 2.18. The number of carbonyl (C=O) groups is 1. The van der Waals surface area contributed by atoms with Crippen LogP contribution in [0.4, 0.5) is 32.2 Å². The van der Waals surface area contributed by atoms with Gasteiger partial charge in [0.1, 0.15) is 39.2 Å². The summed E-state index contributed by atoms with van der Waals surface area (Å²) in [6.07, 6.45) is 2.83. The standard InChI is InChI=1S/C28H33FN6O2.C21H19N5O3S2/c1-4-35(5-2)15-6-16-37-24-14-12-21(25-26(24)33-34-27(25)30)19-8-10-20(11-9-19)31-28(36)32-23-17-18(3)7-13-22(23)29;22-21-19-15(13-3-5-16-14(12-13)7-8-23-16)4-6-17(20(19)25-26-21)29-10-9-24-31(27,28)18-2-1-11-30-18/h7-14,17H,4-6,15-16H2,1-3H3,(H3,30,33,34)(H2,31,32,36);1-8,11-12,23-24H,9-10H2,(H3,22,25,26). The summed E-state index contributed by atoms with van der Waals surface area (Å²) >= 11 is 1.17. The van der Waals surface area contributed by atoms with E-state index >= 15 is 0 Å². The monoisotopic (exact) mass is 957 g/mol. The van der Waals surface area contributed by atoms with Crippen molar-refractivity contribution in [2.45, 2.75) is 31.4 Å². The Labute approximate surface area is 396 Å². The van der Waals surface area contributed by atoms with E-state index in [0.717, 1.165) is 81.1 Å². The van der Waals surface area contributed by atoms with E-state index < -0.39 is 21.9 Å². The lowest BCUT2D eigenvalue weighted by Crippen LogP contribution is -2.27. The van der Waals surface area contributed by atoms with Gasteiger partial charge in [-0.2, -0.15) is 10.2 Å². The molecule has 0 spiro atoms. The Morgan fingerprint density at radius 3 is 2.12 bits per heavy atom. The normalized spacial score (nSPS) is 11.5. The number of carbonyl (C=O) groups excluding carboxylic acids is 1. The van der Waals surface area contributed by atoms with Gasteiger partial charge in [0, 0.05) is 30.5 Å². The van der Waals surface area contributed by atoms with Crippen LogP contribution < -0.4 is 36.3 Å². The van der Waals surface area contributed by atoms with E-state index in [-0.39, 0.29) is 23.0 Å². The lowest BCUT2D eigenvalue weighted by Gasteiger charge is -2.18. The number of aromatic amines is 3. The van der Waals surface area contributed by atoms with Crippen molar-refractivity contribution in [1.82, 2.24) is 35.0 Å². The molecule has 19 heteroatoms. The number of halogens is 1. The predicted octanol–water partition coefficient (Wildman–Crippen LogP) is 9.73. The van der Waals surface area contributed by atoms with Gasteiger partial charge in [0.05, 0.1) is 23.1 Å². The number of nitrogen functional groups attached to an aromatic ring is 2. The van der Waals surface area contributed by atoms with E-state index in [1.165, 1.54) is 17.4 Å². The number of hydrogen-bond acceptors (Lipinski definition) is 11. The summed E-state index contributed by atoms with van der Waals surface area (Å²) in [5.41, 5.74) is 20.1. The Hall–Kier alpha value is -7.45. The molecule has 0 atom stereocenters. The minimum Gasteiger partial charge on any atom is -0.491 e. The molecule has 0 aliphatic rings. The number of nitrogens with one attached hydrogen (secondary N) is 6. The van der Waals surface area contributed by atoms with Crippen LogP contribution in [0.3, 0.4) is 0 Å². The Bertz CT molecular complexity index is 3280. The number of anilines is 4. The van der Waals surface area contributed by atoms with Crippen LogP contribution in [0.5, 0.6) is 11.5 Å². The van der Waals surface area contributed by atoms with Crippen LogP contribution in [0, 0.1) is 12.7 Å². The highest BCUT2D eigenvalue weighted by Crippen LogP contribution is 2.39. The van der Waals surface area contributed by atoms with Crippen molar-refractivity contribution in [3.63, 3.8) is 0 Å². The zero-order chi connectivity index (χ0) is 47.8. The van der Waals surface area contributed by atoms with Gasteiger partial charge in [-0.25, -0.2) is 22.3 Å². The molecule has 0 saturated heterocycles. The molecule has 68 heavy (non-hydrogen) atoms. The summed E-state index contributed by atoms with van der Waals surface area (Å²) in [6.45, 7) is 10.1. The fourth-order valence-corrected chi connectivity index (χ4v) is 9.85. The average Bonchev–Trinajstić information content (AvgIpc) is 4.19. The lowest BCUT2D eigenvalue weighted by molar-refractivity contribution is 0.250. The van der Waals surface area contributed by atoms with Gasteiger partial charge in [0.15, 0.2) is 11.6 Å². The maximum Gasteiger partial charge on any atom is 0.323 e. The number of urea groups is 1. The molecule has 9 rings (SSSR count). The first kappa shape index (κ1) is 47.1. The molecule has 0 aliphatic heterocycles. The van der Waals surface area contributed by atoms with Crippen LogP contribution in [0.2, 0.25) is 0 Å². The van der Waals surface area contributed by atoms with Gasteiger partial charge in [-0.1, -0.05) is 44.2 Å². The highest BCUT2D eigenvalue weighted by atomic mass is 32.2. The number of aromatic nitrogens is 5. The first-order valence-corrected chi connectivity index (χ1v) is 24.3. The molecule has 9 aromatic rings. The summed E-state index contributed by atoms with van der Waals surface area (Å²) in [4.78, 5) is 17.9. The van der Waals surface area contributed by atoms with Crippen LogP contribution >= 0.6 is 11.3 Å². The molecule has 352 valence electrons. The largest absolute Gasteiger partial charge is 0.491 e. The molecule has 0 radical (unpaired) electrons. The highest BCUT2D eigenvalue weighted by molar-refractivity contribution is 7.91. The molecule has 0 unspecified atom stereocenters. The zero-order valence-corrected chi connectivity index (χ0v) is 39.3. The lowest BCUT2D eigenvalue weighted by atomic mass is 10.00. The number of H-pyrrole nitrogens is 3. The molecule has 10 N–H and O–H groups in total. The zero-order valence-electron chi connectivity index (χ0n) is 37.7. The molecular weight excluding hydrogens is 906 g/mol. The number of fused-ring (bicyclic) bond motifs is 3. The van der Waals surface area contributed by atoms with Gasteiger partial charge >= 0.3 is 6.03 Å². The van der Waals surface area contributed by atoms with Crippen molar-refractivity contribution < 1.29 is 27.1 Å². The minimum atomic E-state index is -3.52. The van der Waals surface area contributed by atoms with Gasteiger partial charge in [0.2, 0.25) is 10.0 Å². The number of aryl methyl sites for hydroxylation is 1. The fraction of sp³-hybridized carbons (Fsp3) is 0.204. The molecule has 2 amide bonds. The molecule has 4 heterocycles.